The Morgan fingerprint density at radius 3 is 2.47 bits per heavy atom. The van der Waals surface area contributed by atoms with E-state index in [0.717, 1.165) is 32.7 Å². The van der Waals surface area contributed by atoms with Crippen LogP contribution in [0.2, 0.25) is 0 Å². The minimum Gasteiger partial charge on any atom is -0.385 e. The van der Waals surface area contributed by atoms with Crippen molar-refractivity contribution >= 4 is 0 Å². The van der Waals surface area contributed by atoms with Gasteiger partial charge in [-0.3, -0.25) is 0 Å². The lowest BCUT2D eigenvalue weighted by Crippen LogP contribution is -2.28. The van der Waals surface area contributed by atoms with Crippen LogP contribution < -0.4 is 5.32 Å². The summed E-state index contributed by atoms with van der Waals surface area (Å²) in [6, 6.07) is 0. The molecule has 0 heterocycles. The van der Waals surface area contributed by atoms with Crippen molar-refractivity contribution < 1.29 is 9.47 Å². The minimum atomic E-state index is 0.323. The Bertz CT molecular complexity index is 142. The van der Waals surface area contributed by atoms with E-state index in [-0.39, 0.29) is 0 Å². The van der Waals surface area contributed by atoms with Gasteiger partial charge in [0, 0.05) is 26.9 Å². The van der Waals surface area contributed by atoms with Crippen LogP contribution in [0.25, 0.3) is 0 Å². The van der Waals surface area contributed by atoms with Crippen molar-refractivity contribution in [3.63, 3.8) is 0 Å². The zero-order valence-corrected chi connectivity index (χ0v) is 12.0. The second kappa shape index (κ2) is 13.9. The van der Waals surface area contributed by atoms with E-state index in [1.165, 1.54) is 32.1 Å². The molecule has 0 aromatic heterocycles. The zero-order chi connectivity index (χ0) is 12.8. The quantitative estimate of drug-likeness (QED) is 0.506. The molecule has 0 aliphatic carbocycles. The van der Waals surface area contributed by atoms with E-state index in [1.54, 1.807) is 7.11 Å². The van der Waals surface area contributed by atoms with Gasteiger partial charge in [-0.25, -0.2) is 0 Å². The van der Waals surface area contributed by atoms with Gasteiger partial charge in [0.2, 0.25) is 0 Å². The third kappa shape index (κ3) is 13.8. The van der Waals surface area contributed by atoms with Crippen molar-refractivity contribution in [1.82, 2.24) is 5.32 Å². The van der Waals surface area contributed by atoms with Crippen molar-refractivity contribution in [2.24, 2.45) is 0 Å². The highest BCUT2D eigenvalue weighted by Crippen LogP contribution is 2.03. The summed E-state index contributed by atoms with van der Waals surface area (Å²) in [5.74, 6) is 0. The van der Waals surface area contributed by atoms with Gasteiger partial charge in [0.1, 0.15) is 0 Å². The van der Waals surface area contributed by atoms with E-state index in [0.29, 0.717) is 6.10 Å². The van der Waals surface area contributed by atoms with Crippen molar-refractivity contribution in [1.29, 1.82) is 0 Å². The first-order chi connectivity index (χ1) is 8.31. The highest BCUT2D eigenvalue weighted by atomic mass is 16.5. The lowest BCUT2D eigenvalue weighted by Gasteiger charge is -2.13. The lowest BCUT2D eigenvalue weighted by molar-refractivity contribution is 0.0627. The van der Waals surface area contributed by atoms with E-state index in [2.05, 4.69) is 19.2 Å². The fourth-order valence-corrected chi connectivity index (χ4v) is 1.70. The summed E-state index contributed by atoms with van der Waals surface area (Å²) in [6.45, 7) is 8.07. The van der Waals surface area contributed by atoms with Crippen molar-refractivity contribution in [3.8, 4) is 0 Å². The molecular weight excluding hydrogens is 214 g/mol. The molecule has 17 heavy (non-hydrogen) atoms. The maximum Gasteiger partial charge on any atom is 0.0671 e. The maximum absolute atomic E-state index is 5.73. The van der Waals surface area contributed by atoms with Crippen LogP contribution in [0.3, 0.4) is 0 Å². The highest BCUT2D eigenvalue weighted by Gasteiger charge is 2.00. The summed E-state index contributed by atoms with van der Waals surface area (Å²) in [4.78, 5) is 0. The summed E-state index contributed by atoms with van der Waals surface area (Å²) in [7, 11) is 1.74. The summed E-state index contributed by atoms with van der Waals surface area (Å²) >= 11 is 0. The topological polar surface area (TPSA) is 30.5 Å². The molecule has 0 rings (SSSR count). The summed E-state index contributed by atoms with van der Waals surface area (Å²) in [6.07, 6.45) is 7.92. The molecule has 0 aromatic carbocycles. The van der Waals surface area contributed by atoms with Crippen molar-refractivity contribution in [3.05, 3.63) is 0 Å². The predicted octanol–water partition coefficient (Wildman–Crippen LogP) is 2.99. The fourth-order valence-electron chi connectivity index (χ4n) is 1.70. The van der Waals surface area contributed by atoms with Gasteiger partial charge in [0.05, 0.1) is 6.10 Å². The molecule has 3 heteroatoms. The van der Waals surface area contributed by atoms with Crippen LogP contribution in [-0.4, -0.2) is 39.5 Å². The largest absolute Gasteiger partial charge is 0.385 e. The summed E-state index contributed by atoms with van der Waals surface area (Å²) in [5.41, 5.74) is 0. The molecule has 0 bridgehead atoms. The standard InChI is InChI=1S/C14H31NO2/c1-4-5-6-7-8-12-17-14(2)13-15-10-9-11-16-3/h14-15H,4-13H2,1-3H3. The molecule has 0 fully saturated rings. The SMILES string of the molecule is CCCCCCCOC(C)CNCCCOC. The summed E-state index contributed by atoms with van der Waals surface area (Å²) < 4.78 is 10.7. The monoisotopic (exact) mass is 245 g/mol. The van der Waals surface area contributed by atoms with Gasteiger partial charge in [-0.1, -0.05) is 32.6 Å². The first kappa shape index (κ1) is 16.9. The first-order valence-corrected chi connectivity index (χ1v) is 7.12. The van der Waals surface area contributed by atoms with Crippen LogP contribution in [0, 0.1) is 0 Å². The molecule has 0 saturated heterocycles. The van der Waals surface area contributed by atoms with Gasteiger partial charge in [0.15, 0.2) is 0 Å². The second-order valence-corrected chi connectivity index (χ2v) is 4.65. The van der Waals surface area contributed by atoms with E-state index in [1.807, 2.05) is 0 Å². The van der Waals surface area contributed by atoms with Crippen LogP contribution >= 0.6 is 0 Å². The smallest absolute Gasteiger partial charge is 0.0671 e. The Kier molecular flexibility index (Phi) is 13.8. The molecule has 0 aliphatic rings. The van der Waals surface area contributed by atoms with Crippen molar-refractivity contribution in [2.45, 2.75) is 58.5 Å². The molecule has 0 aliphatic heterocycles. The number of methoxy groups -OCH3 is 1. The average Bonchev–Trinajstić information content (AvgIpc) is 2.33. The van der Waals surface area contributed by atoms with Gasteiger partial charge in [-0.2, -0.15) is 0 Å². The minimum absolute atomic E-state index is 0.323. The molecule has 104 valence electrons. The van der Waals surface area contributed by atoms with Gasteiger partial charge in [0.25, 0.3) is 0 Å². The van der Waals surface area contributed by atoms with E-state index < -0.39 is 0 Å². The van der Waals surface area contributed by atoms with E-state index in [9.17, 15) is 0 Å². The van der Waals surface area contributed by atoms with Gasteiger partial charge < -0.3 is 14.8 Å². The number of ether oxygens (including phenoxy) is 2. The Labute approximate surface area is 107 Å². The molecule has 0 radical (unpaired) electrons. The molecule has 1 atom stereocenters. The third-order valence-corrected chi connectivity index (χ3v) is 2.78. The van der Waals surface area contributed by atoms with Gasteiger partial charge in [-0.15, -0.1) is 0 Å². The molecule has 0 amide bonds. The number of hydrogen-bond donors (Lipinski definition) is 1. The zero-order valence-electron chi connectivity index (χ0n) is 12.0. The molecule has 0 aromatic rings. The normalized spacial score (nSPS) is 12.9. The van der Waals surface area contributed by atoms with Crippen LogP contribution in [-0.2, 0) is 9.47 Å². The molecule has 1 unspecified atom stereocenters. The predicted molar refractivity (Wildman–Crippen MR) is 73.5 cm³/mol. The van der Waals surface area contributed by atoms with Gasteiger partial charge in [-0.05, 0) is 26.3 Å². The Hall–Kier alpha value is -0.120. The van der Waals surface area contributed by atoms with E-state index >= 15 is 0 Å². The Morgan fingerprint density at radius 2 is 1.76 bits per heavy atom. The average molecular weight is 245 g/mol. The molecular formula is C14H31NO2. The van der Waals surface area contributed by atoms with Crippen molar-refractivity contribution in [2.75, 3.05) is 33.4 Å². The Balaban J connectivity index is 3.09. The number of unbranched alkanes of at least 4 members (excludes halogenated alkanes) is 4. The van der Waals surface area contributed by atoms with Crippen LogP contribution in [0.15, 0.2) is 0 Å². The fraction of sp³-hybridized carbons (Fsp3) is 1.00. The van der Waals surface area contributed by atoms with Crippen LogP contribution in [0.5, 0.6) is 0 Å². The summed E-state index contributed by atoms with van der Waals surface area (Å²) in [5, 5.41) is 3.38. The maximum atomic E-state index is 5.73. The molecule has 3 nitrogen and oxygen atoms in total. The van der Waals surface area contributed by atoms with Crippen LogP contribution in [0.1, 0.15) is 52.4 Å². The lowest BCUT2D eigenvalue weighted by atomic mass is 10.2. The second-order valence-electron chi connectivity index (χ2n) is 4.65. The highest BCUT2D eigenvalue weighted by molar-refractivity contribution is 4.55. The third-order valence-electron chi connectivity index (χ3n) is 2.78. The molecule has 0 spiro atoms. The molecule has 1 N–H and O–H groups in total. The van der Waals surface area contributed by atoms with Gasteiger partial charge >= 0.3 is 0 Å². The first-order valence-electron chi connectivity index (χ1n) is 7.12. The van der Waals surface area contributed by atoms with Crippen LogP contribution in [0.4, 0.5) is 0 Å². The Morgan fingerprint density at radius 1 is 1.00 bits per heavy atom. The number of hydrogen-bond acceptors (Lipinski definition) is 3. The molecule has 0 saturated carbocycles. The number of rotatable bonds is 13. The number of nitrogens with one attached hydrogen (secondary N) is 1. The van der Waals surface area contributed by atoms with E-state index in [4.69, 9.17) is 9.47 Å².